The molecule has 1 heterocycles. The van der Waals surface area contributed by atoms with Crippen LogP contribution in [0.2, 0.25) is 0 Å². The van der Waals surface area contributed by atoms with Crippen LogP contribution >= 0.6 is 0 Å². The Kier molecular flexibility index (Phi) is 5.37. The Hall–Kier alpha value is -1.39. The maximum Gasteiger partial charge on any atom is 0.238 e. The molecule has 1 fully saturated rings. The van der Waals surface area contributed by atoms with Gasteiger partial charge in [0.1, 0.15) is 6.17 Å². The number of rotatable bonds is 6. The molecule has 0 bridgehead atoms. The molecular formula is C17H26N2O2. The Morgan fingerprint density at radius 2 is 1.95 bits per heavy atom. The van der Waals surface area contributed by atoms with Gasteiger partial charge in [-0.25, -0.2) is 0 Å². The van der Waals surface area contributed by atoms with Gasteiger partial charge in [-0.3, -0.25) is 10.1 Å². The first kappa shape index (κ1) is 16.0. The zero-order chi connectivity index (χ0) is 15.4. The molecule has 0 radical (unpaired) electrons. The number of hydrogen-bond donors (Lipinski definition) is 1. The molecule has 1 amide bonds. The van der Waals surface area contributed by atoms with Gasteiger partial charge in [0.05, 0.1) is 12.6 Å². The summed E-state index contributed by atoms with van der Waals surface area (Å²) in [6.07, 6.45) is 0.0119. The van der Waals surface area contributed by atoms with Crippen LogP contribution < -0.4 is 5.32 Å². The highest BCUT2D eigenvalue weighted by atomic mass is 16.5. The van der Waals surface area contributed by atoms with Crippen LogP contribution in [-0.2, 0) is 9.53 Å². The van der Waals surface area contributed by atoms with E-state index >= 15 is 0 Å². The molecule has 1 aromatic carbocycles. The second kappa shape index (κ2) is 7.05. The van der Waals surface area contributed by atoms with E-state index in [1.807, 2.05) is 18.7 Å². The molecule has 1 N–H and O–H groups in total. The van der Waals surface area contributed by atoms with Crippen molar-refractivity contribution in [3.05, 3.63) is 35.4 Å². The first-order chi connectivity index (χ1) is 10.0. The zero-order valence-corrected chi connectivity index (χ0v) is 13.4. The van der Waals surface area contributed by atoms with Gasteiger partial charge in [-0.05, 0) is 30.9 Å². The first-order valence-corrected chi connectivity index (χ1v) is 7.77. The molecule has 1 saturated heterocycles. The van der Waals surface area contributed by atoms with Crippen molar-refractivity contribution in [2.24, 2.45) is 0 Å². The van der Waals surface area contributed by atoms with Crippen molar-refractivity contribution < 1.29 is 9.53 Å². The monoisotopic (exact) mass is 290 g/mol. The third-order valence-electron chi connectivity index (χ3n) is 3.90. The van der Waals surface area contributed by atoms with E-state index in [4.69, 9.17) is 4.74 Å². The average Bonchev–Trinajstić information content (AvgIpc) is 2.81. The van der Waals surface area contributed by atoms with Crippen LogP contribution in [0.3, 0.4) is 0 Å². The summed E-state index contributed by atoms with van der Waals surface area (Å²) in [6, 6.07) is 8.52. The minimum Gasteiger partial charge on any atom is -0.377 e. The predicted octanol–water partition coefficient (Wildman–Crippen LogP) is 2.67. The maximum absolute atomic E-state index is 12.1. The normalized spacial score (nSPS) is 20.3. The summed E-state index contributed by atoms with van der Waals surface area (Å²) < 4.78 is 5.57. The number of carbonyl (C=O) groups is 1. The molecule has 21 heavy (non-hydrogen) atoms. The average molecular weight is 290 g/mol. The van der Waals surface area contributed by atoms with Gasteiger partial charge in [0.2, 0.25) is 5.91 Å². The minimum atomic E-state index is -0.0402. The fourth-order valence-electron chi connectivity index (χ4n) is 2.72. The van der Waals surface area contributed by atoms with Gasteiger partial charge in [-0.2, -0.15) is 0 Å². The lowest BCUT2D eigenvalue weighted by Crippen LogP contribution is -2.36. The number of amides is 1. The third kappa shape index (κ3) is 3.83. The number of nitrogens with zero attached hydrogens (tertiary/aromatic N) is 1. The topological polar surface area (TPSA) is 41.6 Å². The molecule has 1 aromatic rings. The molecular weight excluding hydrogens is 264 g/mol. The van der Waals surface area contributed by atoms with Crippen molar-refractivity contribution in [3.8, 4) is 0 Å². The van der Waals surface area contributed by atoms with Crippen LogP contribution in [-0.4, -0.2) is 36.6 Å². The van der Waals surface area contributed by atoms with E-state index in [9.17, 15) is 4.79 Å². The highest BCUT2D eigenvalue weighted by Gasteiger charge is 2.32. The summed E-state index contributed by atoms with van der Waals surface area (Å²) in [5.41, 5.74) is 2.45. The molecule has 4 heteroatoms. The van der Waals surface area contributed by atoms with Gasteiger partial charge in [0.15, 0.2) is 0 Å². The van der Waals surface area contributed by atoms with Gasteiger partial charge in [0.25, 0.3) is 0 Å². The van der Waals surface area contributed by atoms with Gasteiger partial charge in [0, 0.05) is 13.2 Å². The molecule has 2 atom stereocenters. The molecule has 2 rings (SSSR count). The van der Waals surface area contributed by atoms with Crippen molar-refractivity contribution in [3.63, 3.8) is 0 Å². The highest BCUT2D eigenvalue weighted by molar-refractivity contribution is 5.81. The van der Waals surface area contributed by atoms with E-state index in [0.29, 0.717) is 25.6 Å². The summed E-state index contributed by atoms with van der Waals surface area (Å²) in [6.45, 7) is 10.0. The molecule has 4 nitrogen and oxygen atoms in total. The van der Waals surface area contributed by atoms with E-state index in [2.05, 4.69) is 43.4 Å². The molecule has 0 aromatic heterocycles. The molecule has 0 aliphatic carbocycles. The van der Waals surface area contributed by atoms with Gasteiger partial charge < -0.3 is 9.64 Å². The fraction of sp³-hybridized carbons (Fsp3) is 0.588. The summed E-state index contributed by atoms with van der Waals surface area (Å²) >= 11 is 0. The Morgan fingerprint density at radius 1 is 1.29 bits per heavy atom. The Balaban J connectivity index is 2.11. The molecule has 2 unspecified atom stereocenters. The number of carbonyl (C=O) groups excluding carboxylic acids is 1. The molecule has 1 aliphatic heterocycles. The number of ether oxygens (including phenoxy) is 1. The van der Waals surface area contributed by atoms with E-state index < -0.39 is 0 Å². The third-order valence-corrected chi connectivity index (χ3v) is 3.90. The number of hydrogen-bond acceptors (Lipinski definition) is 3. The molecule has 0 spiro atoms. The van der Waals surface area contributed by atoms with E-state index in [-0.39, 0.29) is 18.2 Å². The minimum absolute atomic E-state index is 0.0402. The van der Waals surface area contributed by atoms with Crippen LogP contribution in [0, 0.1) is 0 Å². The second-order valence-electron chi connectivity index (χ2n) is 5.92. The summed E-state index contributed by atoms with van der Waals surface area (Å²) in [7, 11) is 0. The van der Waals surface area contributed by atoms with Crippen molar-refractivity contribution >= 4 is 5.91 Å². The van der Waals surface area contributed by atoms with Crippen LogP contribution in [0.25, 0.3) is 0 Å². The molecule has 0 saturated carbocycles. The van der Waals surface area contributed by atoms with E-state index in [1.165, 1.54) is 5.56 Å². The van der Waals surface area contributed by atoms with Crippen molar-refractivity contribution in [1.29, 1.82) is 0 Å². The second-order valence-corrected chi connectivity index (χ2v) is 5.92. The summed E-state index contributed by atoms with van der Waals surface area (Å²) in [4.78, 5) is 14.0. The summed E-state index contributed by atoms with van der Waals surface area (Å²) in [5.74, 6) is 0.658. The first-order valence-electron chi connectivity index (χ1n) is 7.77. The lowest BCUT2D eigenvalue weighted by molar-refractivity contribution is -0.129. The SMILES string of the molecule is CCOC(C)CN1C(=O)CNC1c1ccc(C(C)C)cc1. The van der Waals surface area contributed by atoms with Crippen LogP contribution in [0.4, 0.5) is 0 Å². The van der Waals surface area contributed by atoms with Crippen molar-refractivity contribution in [2.45, 2.75) is 45.9 Å². The number of benzene rings is 1. The standard InChI is InChI=1S/C17H26N2O2/c1-5-21-13(4)11-19-16(20)10-18-17(19)15-8-6-14(7-9-15)12(2)3/h6-9,12-13,17-18H,5,10-11H2,1-4H3. The van der Waals surface area contributed by atoms with Gasteiger partial charge in [-0.1, -0.05) is 38.1 Å². The predicted molar refractivity (Wildman–Crippen MR) is 84.1 cm³/mol. The fourth-order valence-corrected chi connectivity index (χ4v) is 2.72. The smallest absolute Gasteiger partial charge is 0.238 e. The van der Waals surface area contributed by atoms with Crippen molar-refractivity contribution in [2.75, 3.05) is 19.7 Å². The van der Waals surface area contributed by atoms with E-state index in [0.717, 1.165) is 5.56 Å². The van der Waals surface area contributed by atoms with Gasteiger partial charge >= 0.3 is 0 Å². The van der Waals surface area contributed by atoms with E-state index in [1.54, 1.807) is 0 Å². The van der Waals surface area contributed by atoms with Crippen LogP contribution in [0.5, 0.6) is 0 Å². The van der Waals surface area contributed by atoms with Crippen LogP contribution in [0.1, 0.15) is 50.9 Å². The Bertz CT molecular complexity index is 470. The largest absolute Gasteiger partial charge is 0.377 e. The Labute approximate surface area is 127 Å². The lowest BCUT2D eigenvalue weighted by atomic mass is 10.0. The summed E-state index contributed by atoms with van der Waals surface area (Å²) in [5, 5.41) is 3.29. The van der Waals surface area contributed by atoms with Crippen molar-refractivity contribution in [1.82, 2.24) is 10.2 Å². The zero-order valence-electron chi connectivity index (χ0n) is 13.4. The van der Waals surface area contributed by atoms with Gasteiger partial charge in [-0.15, -0.1) is 0 Å². The molecule has 116 valence electrons. The lowest BCUT2D eigenvalue weighted by Gasteiger charge is -2.27. The van der Waals surface area contributed by atoms with Crippen LogP contribution in [0.15, 0.2) is 24.3 Å². The quantitative estimate of drug-likeness (QED) is 0.876. The highest BCUT2D eigenvalue weighted by Crippen LogP contribution is 2.25. The number of nitrogens with one attached hydrogen (secondary N) is 1. The Morgan fingerprint density at radius 3 is 2.52 bits per heavy atom. The maximum atomic E-state index is 12.1. The molecule has 1 aliphatic rings.